The molecule has 0 heterocycles. The SMILES string of the molecule is CCOC(=O)[C@H](CSC(c1ccccc1)(c1ccccc1)c1ccccc1)NC(=O)[C@@H](CSC(c1ccccc1)(c1ccccc1)c1ccccc1)NC(c1ccccc1)(c1ccccc1)c1ccccc1. The summed E-state index contributed by atoms with van der Waals surface area (Å²) in [4.78, 5) is 30.7. The Morgan fingerprint density at radius 1 is 0.375 bits per heavy atom. The summed E-state index contributed by atoms with van der Waals surface area (Å²) in [7, 11) is 0. The van der Waals surface area contributed by atoms with Gasteiger partial charge in [-0.25, -0.2) is 4.79 Å². The summed E-state index contributed by atoms with van der Waals surface area (Å²) in [6.45, 7) is 1.96. The van der Waals surface area contributed by atoms with Crippen LogP contribution in [0.4, 0.5) is 0 Å². The summed E-state index contributed by atoms with van der Waals surface area (Å²) in [6, 6.07) is 91.8. The van der Waals surface area contributed by atoms with Crippen LogP contribution in [0.1, 0.15) is 57.0 Å². The maximum Gasteiger partial charge on any atom is 0.329 e. The molecule has 7 heteroatoms. The maximum absolute atomic E-state index is 16.1. The van der Waals surface area contributed by atoms with E-state index in [4.69, 9.17) is 4.74 Å². The summed E-state index contributed by atoms with van der Waals surface area (Å²) >= 11 is 3.32. The van der Waals surface area contributed by atoms with Crippen LogP contribution < -0.4 is 10.6 Å². The van der Waals surface area contributed by atoms with Crippen molar-refractivity contribution in [1.29, 1.82) is 0 Å². The topological polar surface area (TPSA) is 67.4 Å². The normalized spacial score (nSPS) is 12.6. The molecule has 9 rings (SSSR count). The number of hydrogen-bond donors (Lipinski definition) is 2. The molecule has 0 unspecified atom stereocenters. The van der Waals surface area contributed by atoms with E-state index in [0.29, 0.717) is 0 Å². The lowest BCUT2D eigenvalue weighted by molar-refractivity contribution is -0.146. The van der Waals surface area contributed by atoms with E-state index in [1.807, 2.05) is 127 Å². The van der Waals surface area contributed by atoms with Crippen LogP contribution >= 0.6 is 23.5 Å². The highest BCUT2D eigenvalue weighted by Crippen LogP contribution is 2.50. The number of ether oxygens (including phenoxy) is 1. The predicted molar refractivity (Wildman–Crippen MR) is 298 cm³/mol. The molecule has 0 radical (unpaired) electrons. The molecule has 5 nitrogen and oxygen atoms in total. The molecule has 0 aliphatic carbocycles. The van der Waals surface area contributed by atoms with Crippen molar-refractivity contribution in [3.63, 3.8) is 0 Å². The Morgan fingerprint density at radius 3 is 0.861 bits per heavy atom. The van der Waals surface area contributed by atoms with Gasteiger partial charge in [-0.05, 0) is 57.0 Å². The van der Waals surface area contributed by atoms with Gasteiger partial charge >= 0.3 is 5.97 Å². The van der Waals surface area contributed by atoms with E-state index in [-0.39, 0.29) is 24.0 Å². The van der Waals surface area contributed by atoms with Crippen LogP contribution in [0.25, 0.3) is 0 Å². The van der Waals surface area contributed by atoms with Gasteiger partial charge in [0.25, 0.3) is 0 Å². The van der Waals surface area contributed by atoms with Gasteiger partial charge in [0.05, 0.1) is 27.7 Å². The molecule has 2 N–H and O–H groups in total. The molecule has 0 saturated heterocycles. The highest BCUT2D eigenvalue weighted by Gasteiger charge is 2.44. The number of nitrogens with one attached hydrogen (secondary N) is 2. The van der Waals surface area contributed by atoms with Crippen molar-refractivity contribution >= 4 is 35.4 Å². The molecule has 358 valence electrons. The molecule has 0 bridgehead atoms. The van der Waals surface area contributed by atoms with Crippen LogP contribution in [0.15, 0.2) is 273 Å². The Hall–Kier alpha value is -7.42. The van der Waals surface area contributed by atoms with Crippen molar-refractivity contribution < 1.29 is 14.3 Å². The number of rotatable bonds is 21. The first-order chi connectivity index (χ1) is 35.5. The van der Waals surface area contributed by atoms with Gasteiger partial charge in [-0.3, -0.25) is 10.1 Å². The van der Waals surface area contributed by atoms with E-state index in [1.165, 1.54) is 0 Å². The zero-order chi connectivity index (χ0) is 49.5. The summed E-state index contributed by atoms with van der Waals surface area (Å²) in [5, 5.41) is 7.43. The minimum Gasteiger partial charge on any atom is -0.464 e. The van der Waals surface area contributed by atoms with Crippen LogP contribution in [0, 0.1) is 0 Å². The Bertz CT molecular complexity index is 2770. The number of carbonyl (C=O) groups is 2. The molecule has 0 aliphatic rings. The number of thioether (sulfide) groups is 2. The second-order valence-electron chi connectivity index (χ2n) is 17.5. The van der Waals surface area contributed by atoms with Crippen LogP contribution in [-0.2, 0) is 29.4 Å². The van der Waals surface area contributed by atoms with E-state index in [9.17, 15) is 4.79 Å². The number of amides is 1. The average molecular weight is 979 g/mol. The fourth-order valence-electron chi connectivity index (χ4n) is 9.90. The second-order valence-corrected chi connectivity index (χ2v) is 20.0. The van der Waals surface area contributed by atoms with Gasteiger partial charge in [-0.15, -0.1) is 23.5 Å². The van der Waals surface area contributed by atoms with Crippen molar-refractivity contribution in [3.8, 4) is 0 Å². The Labute approximate surface area is 433 Å². The van der Waals surface area contributed by atoms with Crippen molar-refractivity contribution in [2.75, 3.05) is 18.1 Å². The number of benzene rings is 9. The first kappa shape index (κ1) is 49.6. The summed E-state index contributed by atoms with van der Waals surface area (Å²) in [5.74, 6) is -0.350. The van der Waals surface area contributed by atoms with E-state index >= 15 is 4.79 Å². The van der Waals surface area contributed by atoms with Crippen LogP contribution in [-0.4, -0.2) is 42.1 Å². The quantitative estimate of drug-likeness (QED) is 0.0552. The lowest BCUT2D eigenvalue weighted by Crippen LogP contribution is -2.59. The molecule has 0 fully saturated rings. The van der Waals surface area contributed by atoms with E-state index in [2.05, 4.69) is 156 Å². The Kier molecular flexibility index (Phi) is 16.3. The zero-order valence-corrected chi connectivity index (χ0v) is 41.9. The zero-order valence-electron chi connectivity index (χ0n) is 40.3. The first-order valence-corrected chi connectivity index (χ1v) is 26.5. The molecule has 0 saturated carbocycles. The molecule has 0 aliphatic heterocycles. The van der Waals surface area contributed by atoms with Crippen molar-refractivity contribution in [2.45, 2.75) is 34.0 Å². The summed E-state index contributed by atoms with van der Waals surface area (Å²) in [6.07, 6.45) is 0. The average Bonchev–Trinajstić information content (AvgIpc) is 3.46. The van der Waals surface area contributed by atoms with Crippen LogP contribution in [0.2, 0.25) is 0 Å². The fraction of sp³-hybridized carbons (Fsp3) is 0.138. The van der Waals surface area contributed by atoms with Crippen molar-refractivity contribution in [1.82, 2.24) is 10.6 Å². The Balaban J connectivity index is 1.19. The van der Waals surface area contributed by atoms with Gasteiger partial charge in [-0.1, -0.05) is 273 Å². The van der Waals surface area contributed by atoms with Gasteiger partial charge in [0, 0.05) is 11.5 Å². The molecular formula is C65H58N2O3S2. The van der Waals surface area contributed by atoms with Gasteiger partial charge in [0.2, 0.25) is 5.91 Å². The first-order valence-electron chi connectivity index (χ1n) is 24.5. The smallest absolute Gasteiger partial charge is 0.329 e. The van der Waals surface area contributed by atoms with Gasteiger partial charge in [0.1, 0.15) is 6.04 Å². The third kappa shape index (κ3) is 10.5. The lowest BCUT2D eigenvalue weighted by Gasteiger charge is -2.41. The van der Waals surface area contributed by atoms with Crippen LogP contribution in [0.5, 0.6) is 0 Å². The number of hydrogen-bond acceptors (Lipinski definition) is 6. The molecule has 0 spiro atoms. The van der Waals surface area contributed by atoms with Gasteiger partial charge in [-0.2, -0.15) is 0 Å². The molecular weight excluding hydrogens is 921 g/mol. The monoisotopic (exact) mass is 978 g/mol. The standard InChI is InChI=1S/C65H58N2O3S2/c1-2-70-62(69)60(49-72-65(56-42-24-9-25-43-56,57-44-26-10-27-45-57)58-46-28-11-29-47-58)66-61(68)59(67-63(50-30-12-3-13-31-50,51-32-14-4-15-33-51)52-34-16-5-17-35-52)48-71-64(53-36-18-6-19-37-53,54-38-20-7-21-39-54)55-40-22-8-23-41-55/h3-47,59-60,67H,2,48-49H2,1H3,(H,66,68)/t59-,60+/m1/s1. The van der Waals surface area contributed by atoms with Crippen LogP contribution in [0.3, 0.4) is 0 Å². The third-order valence-electron chi connectivity index (χ3n) is 13.2. The van der Waals surface area contributed by atoms with Gasteiger partial charge in [0.15, 0.2) is 0 Å². The lowest BCUT2D eigenvalue weighted by atomic mass is 9.76. The molecule has 0 aromatic heterocycles. The van der Waals surface area contributed by atoms with Crippen molar-refractivity contribution in [3.05, 3.63) is 323 Å². The van der Waals surface area contributed by atoms with E-state index in [0.717, 1.165) is 50.1 Å². The molecule has 9 aromatic carbocycles. The predicted octanol–water partition coefficient (Wildman–Crippen LogP) is 13.4. The summed E-state index contributed by atoms with van der Waals surface area (Å²) < 4.78 is 4.36. The largest absolute Gasteiger partial charge is 0.464 e. The minimum atomic E-state index is -1.03. The second kappa shape index (κ2) is 23.7. The molecule has 1 amide bonds. The molecule has 2 atom stereocenters. The Morgan fingerprint density at radius 2 is 0.611 bits per heavy atom. The fourth-order valence-corrected chi connectivity index (χ4v) is 13.0. The van der Waals surface area contributed by atoms with Crippen molar-refractivity contribution in [2.24, 2.45) is 0 Å². The van der Waals surface area contributed by atoms with E-state index in [1.54, 1.807) is 30.4 Å². The number of esters is 1. The number of carbonyl (C=O) groups excluding carboxylic acids is 2. The summed E-state index contributed by atoms with van der Waals surface area (Å²) in [5.41, 5.74) is 8.23. The molecule has 72 heavy (non-hydrogen) atoms. The highest BCUT2D eigenvalue weighted by molar-refractivity contribution is 8.01. The van der Waals surface area contributed by atoms with Gasteiger partial charge < -0.3 is 10.1 Å². The minimum absolute atomic E-state index is 0.154. The molecule has 9 aromatic rings. The third-order valence-corrected chi connectivity index (χ3v) is 16.5. The van der Waals surface area contributed by atoms with E-state index < -0.39 is 33.1 Å². The maximum atomic E-state index is 16.1. The highest BCUT2D eigenvalue weighted by atomic mass is 32.2.